The summed E-state index contributed by atoms with van der Waals surface area (Å²) in [4.78, 5) is 23.4. The molecular weight excluding hydrogens is 272 g/mol. The first-order valence-corrected chi connectivity index (χ1v) is 6.97. The van der Waals surface area contributed by atoms with Gasteiger partial charge in [0.05, 0.1) is 28.3 Å². The molecule has 1 N–H and O–H groups in total. The lowest BCUT2D eigenvalue weighted by Gasteiger charge is -2.13. The van der Waals surface area contributed by atoms with E-state index in [9.17, 15) is 20.0 Å². The molecule has 21 heavy (non-hydrogen) atoms. The fourth-order valence-electron chi connectivity index (χ4n) is 2.70. The number of benzene rings is 1. The maximum absolute atomic E-state index is 12.4. The van der Waals surface area contributed by atoms with E-state index in [0.717, 1.165) is 18.4 Å². The van der Waals surface area contributed by atoms with Crippen LogP contribution in [0, 0.1) is 10.1 Å². The third kappa shape index (κ3) is 2.21. The first kappa shape index (κ1) is 13.8. The number of nitro benzene ring substituents is 1. The Kier molecular flexibility index (Phi) is 3.25. The van der Waals surface area contributed by atoms with Gasteiger partial charge in [-0.25, -0.2) is 0 Å². The topological polar surface area (TPSA) is 85.4 Å². The average molecular weight is 288 g/mol. The number of aliphatic hydroxyl groups excluding tert-OH is 1. The molecule has 1 fully saturated rings. The number of aromatic nitrogens is 1. The minimum atomic E-state index is -0.394. The fourth-order valence-corrected chi connectivity index (χ4v) is 2.70. The van der Waals surface area contributed by atoms with Crippen LogP contribution in [-0.4, -0.2) is 21.2 Å². The molecule has 0 radical (unpaired) electrons. The fraction of sp³-hybridized carbons (Fsp3) is 0.400. The number of nitro groups is 1. The number of nitrogens with zero attached hydrogens (tertiary/aromatic N) is 2. The van der Waals surface area contributed by atoms with Crippen LogP contribution in [-0.2, 0) is 0 Å². The summed E-state index contributed by atoms with van der Waals surface area (Å²) in [5.41, 5.74) is 0.468. The summed E-state index contributed by atoms with van der Waals surface area (Å²) in [7, 11) is 0. The van der Waals surface area contributed by atoms with Crippen molar-refractivity contribution in [3.8, 4) is 0 Å². The molecule has 0 bridgehead atoms. The molecular formula is C15H16N2O4. The van der Waals surface area contributed by atoms with Gasteiger partial charge in [0, 0.05) is 11.8 Å². The van der Waals surface area contributed by atoms with Crippen molar-refractivity contribution in [1.82, 2.24) is 4.57 Å². The van der Waals surface area contributed by atoms with Crippen molar-refractivity contribution < 1.29 is 10.0 Å². The van der Waals surface area contributed by atoms with E-state index in [4.69, 9.17) is 0 Å². The highest BCUT2D eigenvalue weighted by molar-refractivity contribution is 5.92. The van der Waals surface area contributed by atoms with E-state index in [1.54, 1.807) is 25.1 Å². The maximum Gasteiger partial charge on any atom is 0.280 e. The van der Waals surface area contributed by atoms with Gasteiger partial charge in [-0.1, -0.05) is 6.07 Å². The average Bonchev–Trinajstić information content (AvgIpc) is 3.30. The van der Waals surface area contributed by atoms with Gasteiger partial charge in [0.25, 0.3) is 11.2 Å². The Bertz CT molecular complexity index is 777. The summed E-state index contributed by atoms with van der Waals surface area (Å²) in [5, 5.41) is 21.3. The molecule has 1 aliphatic carbocycles. The van der Waals surface area contributed by atoms with Crippen molar-refractivity contribution in [3.05, 3.63) is 50.4 Å². The molecule has 2 aromatic rings. The Morgan fingerprint density at radius 3 is 2.67 bits per heavy atom. The molecule has 6 heteroatoms. The van der Waals surface area contributed by atoms with Gasteiger partial charge in [0.15, 0.2) is 0 Å². The predicted molar refractivity (Wildman–Crippen MR) is 78.6 cm³/mol. The summed E-state index contributed by atoms with van der Waals surface area (Å²) < 4.78 is 1.41. The lowest BCUT2D eigenvalue weighted by Crippen LogP contribution is -2.24. The first-order valence-electron chi connectivity index (χ1n) is 6.97. The summed E-state index contributed by atoms with van der Waals surface area (Å²) in [5.74, 6) is 0.244. The molecule has 1 saturated carbocycles. The molecule has 1 aromatic carbocycles. The van der Waals surface area contributed by atoms with E-state index < -0.39 is 4.92 Å². The van der Waals surface area contributed by atoms with Crippen LogP contribution in [0.4, 0.5) is 5.69 Å². The molecule has 0 amide bonds. The number of hydrogen-bond donors (Lipinski definition) is 1. The molecule has 0 spiro atoms. The van der Waals surface area contributed by atoms with E-state index in [-0.39, 0.29) is 29.8 Å². The number of rotatable bonds is 4. The Morgan fingerprint density at radius 1 is 1.38 bits per heavy atom. The molecule has 1 unspecified atom stereocenters. The van der Waals surface area contributed by atoms with Gasteiger partial charge < -0.3 is 9.67 Å². The van der Waals surface area contributed by atoms with Gasteiger partial charge in [0.1, 0.15) is 0 Å². The molecule has 1 atom stereocenters. The number of fused-ring (bicyclic) bond motifs is 1. The summed E-state index contributed by atoms with van der Waals surface area (Å²) in [6, 6.07) is 4.61. The van der Waals surface area contributed by atoms with Gasteiger partial charge in [-0.3, -0.25) is 14.9 Å². The van der Waals surface area contributed by atoms with Crippen LogP contribution in [0.25, 0.3) is 10.8 Å². The molecule has 110 valence electrons. The van der Waals surface area contributed by atoms with Crippen molar-refractivity contribution in [3.63, 3.8) is 0 Å². The van der Waals surface area contributed by atoms with Crippen LogP contribution < -0.4 is 5.56 Å². The van der Waals surface area contributed by atoms with E-state index in [0.29, 0.717) is 10.8 Å². The van der Waals surface area contributed by atoms with Gasteiger partial charge in [-0.05, 0) is 37.8 Å². The Balaban J connectivity index is 2.30. The number of pyridine rings is 1. The lowest BCUT2D eigenvalue weighted by molar-refractivity contribution is -0.383. The second kappa shape index (κ2) is 4.96. The molecule has 6 nitrogen and oxygen atoms in total. The quantitative estimate of drug-likeness (QED) is 0.691. The van der Waals surface area contributed by atoms with Crippen LogP contribution in [0.15, 0.2) is 29.2 Å². The zero-order chi connectivity index (χ0) is 15.1. The molecule has 0 aliphatic heterocycles. The second-order valence-electron chi connectivity index (χ2n) is 5.56. The normalized spacial score (nSPS) is 16.1. The highest BCUT2D eigenvalue weighted by atomic mass is 16.6. The summed E-state index contributed by atoms with van der Waals surface area (Å²) in [6.45, 7) is 1.56. The third-order valence-corrected chi connectivity index (χ3v) is 4.05. The van der Waals surface area contributed by atoms with Crippen LogP contribution in [0.5, 0.6) is 0 Å². The minimum Gasteiger partial charge on any atom is -0.394 e. The van der Waals surface area contributed by atoms with Crippen LogP contribution in [0.2, 0.25) is 0 Å². The SMILES string of the molecule is CC(CO)n1ccc2c([N+](=O)[O-])c(C3CC3)ccc2c1=O. The zero-order valence-electron chi connectivity index (χ0n) is 11.7. The van der Waals surface area contributed by atoms with Crippen molar-refractivity contribution >= 4 is 16.5 Å². The highest BCUT2D eigenvalue weighted by Crippen LogP contribution is 2.45. The molecule has 3 rings (SSSR count). The van der Waals surface area contributed by atoms with Crippen LogP contribution >= 0.6 is 0 Å². The summed E-state index contributed by atoms with van der Waals surface area (Å²) in [6.07, 6.45) is 3.45. The van der Waals surface area contributed by atoms with Crippen molar-refractivity contribution in [2.45, 2.75) is 31.7 Å². The smallest absolute Gasteiger partial charge is 0.280 e. The zero-order valence-corrected chi connectivity index (χ0v) is 11.7. The van der Waals surface area contributed by atoms with Crippen molar-refractivity contribution in [2.24, 2.45) is 0 Å². The van der Waals surface area contributed by atoms with Gasteiger partial charge in [0.2, 0.25) is 0 Å². The number of aliphatic hydroxyl groups is 1. The first-order chi connectivity index (χ1) is 10.0. The van der Waals surface area contributed by atoms with Crippen molar-refractivity contribution in [1.29, 1.82) is 0 Å². The van der Waals surface area contributed by atoms with Crippen molar-refractivity contribution in [2.75, 3.05) is 6.61 Å². The largest absolute Gasteiger partial charge is 0.394 e. The molecule has 1 heterocycles. The van der Waals surface area contributed by atoms with E-state index in [1.165, 1.54) is 10.8 Å². The minimum absolute atomic E-state index is 0.0518. The molecule has 1 aromatic heterocycles. The summed E-state index contributed by atoms with van der Waals surface area (Å²) >= 11 is 0. The monoisotopic (exact) mass is 288 g/mol. The lowest BCUT2D eigenvalue weighted by atomic mass is 10.0. The third-order valence-electron chi connectivity index (χ3n) is 4.05. The van der Waals surface area contributed by atoms with Crippen LogP contribution in [0.3, 0.4) is 0 Å². The maximum atomic E-state index is 12.4. The Hall–Kier alpha value is -2.21. The predicted octanol–water partition coefficient (Wildman–Crippen LogP) is 2.34. The number of hydrogen-bond acceptors (Lipinski definition) is 4. The Morgan fingerprint density at radius 2 is 2.10 bits per heavy atom. The van der Waals surface area contributed by atoms with Gasteiger partial charge in [-0.15, -0.1) is 0 Å². The van der Waals surface area contributed by atoms with Gasteiger partial charge >= 0.3 is 0 Å². The Labute approximate surface area is 120 Å². The molecule has 0 saturated heterocycles. The second-order valence-corrected chi connectivity index (χ2v) is 5.56. The van der Waals surface area contributed by atoms with Crippen LogP contribution in [0.1, 0.15) is 37.3 Å². The molecule has 1 aliphatic rings. The standard InChI is InChI=1S/C15H16N2O4/c1-9(8-18)16-7-6-12-13(15(16)19)5-4-11(10-2-3-10)14(12)17(20)21/h4-7,9-10,18H,2-3,8H2,1H3. The van der Waals surface area contributed by atoms with E-state index in [2.05, 4.69) is 0 Å². The van der Waals surface area contributed by atoms with E-state index >= 15 is 0 Å². The van der Waals surface area contributed by atoms with Gasteiger partial charge in [-0.2, -0.15) is 0 Å². The highest BCUT2D eigenvalue weighted by Gasteiger charge is 2.32. The van der Waals surface area contributed by atoms with E-state index in [1.807, 2.05) is 0 Å².